The Morgan fingerprint density at radius 1 is 1.23 bits per heavy atom. The van der Waals surface area contributed by atoms with E-state index in [0.717, 1.165) is 0 Å². The van der Waals surface area contributed by atoms with E-state index in [1.165, 1.54) is 24.3 Å². The minimum Gasteiger partial charge on any atom is -0.388 e. The first-order chi connectivity index (χ1) is 10.5. The number of hydrogen-bond acceptors (Lipinski definition) is 3. The number of pyridine rings is 1. The van der Waals surface area contributed by atoms with Crippen molar-refractivity contribution in [3.63, 3.8) is 0 Å². The Labute approximate surface area is 128 Å². The number of aromatic nitrogens is 1. The van der Waals surface area contributed by atoms with Gasteiger partial charge in [0.05, 0.1) is 6.10 Å². The van der Waals surface area contributed by atoms with Crippen molar-refractivity contribution in [1.29, 1.82) is 0 Å². The second-order valence-corrected chi connectivity index (χ2v) is 5.04. The van der Waals surface area contributed by atoms with Crippen molar-refractivity contribution in [3.8, 4) is 0 Å². The van der Waals surface area contributed by atoms with Gasteiger partial charge < -0.3 is 15.7 Å². The third-order valence-electron chi connectivity index (χ3n) is 3.15. The average molecular weight is 303 g/mol. The van der Waals surface area contributed by atoms with Crippen LogP contribution in [-0.4, -0.2) is 22.2 Å². The van der Waals surface area contributed by atoms with Gasteiger partial charge in [-0.15, -0.1) is 0 Å². The number of carbonyl (C=O) groups excluding carboxylic acids is 1. The number of nitrogens with one attached hydrogen (secondary N) is 2. The van der Waals surface area contributed by atoms with E-state index in [-0.39, 0.29) is 17.9 Å². The van der Waals surface area contributed by atoms with Gasteiger partial charge in [-0.05, 0) is 43.2 Å². The first-order valence-corrected chi connectivity index (χ1v) is 6.95. The summed E-state index contributed by atoms with van der Waals surface area (Å²) in [6.45, 7) is 1.79. The first-order valence-electron chi connectivity index (χ1n) is 6.95. The molecule has 116 valence electrons. The summed E-state index contributed by atoms with van der Waals surface area (Å²) >= 11 is 0. The lowest BCUT2D eigenvalue weighted by atomic mass is 10.0. The van der Waals surface area contributed by atoms with E-state index in [4.69, 9.17) is 0 Å². The minimum absolute atomic E-state index is 0.248. The van der Waals surface area contributed by atoms with Crippen molar-refractivity contribution in [2.45, 2.75) is 25.5 Å². The summed E-state index contributed by atoms with van der Waals surface area (Å²) in [7, 11) is 0. The molecule has 1 aromatic heterocycles. The van der Waals surface area contributed by atoms with E-state index in [1.807, 2.05) is 0 Å². The Morgan fingerprint density at radius 2 is 1.86 bits per heavy atom. The number of urea groups is 1. The molecule has 1 aromatic carbocycles. The third kappa shape index (κ3) is 4.82. The summed E-state index contributed by atoms with van der Waals surface area (Å²) in [6.07, 6.45) is 2.72. The van der Waals surface area contributed by atoms with Crippen LogP contribution in [0.15, 0.2) is 48.8 Å². The largest absolute Gasteiger partial charge is 0.388 e. The molecule has 22 heavy (non-hydrogen) atoms. The van der Waals surface area contributed by atoms with Crippen LogP contribution in [0.4, 0.5) is 14.9 Å². The summed E-state index contributed by atoms with van der Waals surface area (Å²) in [5.74, 6) is -0.348. The number of carbonyl (C=O) groups is 1. The van der Waals surface area contributed by atoms with Gasteiger partial charge in [-0.1, -0.05) is 12.1 Å². The van der Waals surface area contributed by atoms with Crippen molar-refractivity contribution in [1.82, 2.24) is 10.3 Å². The molecule has 0 aliphatic rings. The molecule has 5 nitrogen and oxygen atoms in total. The zero-order valence-corrected chi connectivity index (χ0v) is 12.2. The number of aliphatic hydroxyl groups excluding tert-OH is 1. The minimum atomic E-state index is -0.767. The van der Waals surface area contributed by atoms with E-state index in [1.54, 1.807) is 31.5 Å². The monoisotopic (exact) mass is 303 g/mol. The smallest absolute Gasteiger partial charge is 0.319 e. The molecule has 0 saturated carbocycles. The fraction of sp³-hybridized carbons (Fsp3) is 0.250. The molecular formula is C16H18FN3O2. The topological polar surface area (TPSA) is 74.2 Å². The Morgan fingerprint density at radius 3 is 2.50 bits per heavy atom. The highest BCUT2D eigenvalue weighted by molar-refractivity contribution is 5.89. The summed E-state index contributed by atoms with van der Waals surface area (Å²) < 4.78 is 12.8. The van der Waals surface area contributed by atoms with Gasteiger partial charge in [0.1, 0.15) is 5.82 Å². The molecule has 3 N–H and O–H groups in total. The van der Waals surface area contributed by atoms with Crippen LogP contribution in [0.3, 0.4) is 0 Å². The van der Waals surface area contributed by atoms with Crippen molar-refractivity contribution in [2.24, 2.45) is 0 Å². The third-order valence-corrected chi connectivity index (χ3v) is 3.15. The van der Waals surface area contributed by atoms with Gasteiger partial charge in [0.2, 0.25) is 0 Å². The van der Waals surface area contributed by atoms with E-state index < -0.39 is 6.10 Å². The lowest BCUT2D eigenvalue weighted by molar-refractivity contribution is 0.155. The van der Waals surface area contributed by atoms with Gasteiger partial charge >= 0.3 is 6.03 Å². The average Bonchev–Trinajstić information content (AvgIpc) is 2.48. The van der Waals surface area contributed by atoms with Gasteiger partial charge in [-0.25, -0.2) is 9.18 Å². The zero-order chi connectivity index (χ0) is 15.9. The van der Waals surface area contributed by atoms with Gasteiger partial charge in [0.15, 0.2) is 0 Å². The molecule has 0 aliphatic carbocycles. The van der Waals surface area contributed by atoms with Crippen LogP contribution in [0.1, 0.15) is 25.0 Å². The van der Waals surface area contributed by atoms with E-state index in [0.29, 0.717) is 17.7 Å². The van der Waals surface area contributed by atoms with Crippen molar-refractivity contribution in [2.75, 3.05) is 5.32 Å². The first kappa shape index (κ1) is 15.9. The number of amides is 2. The van der Waals surface area contributed by atoms with Gasteiger partial charge in [0.25, 0.3) is 0 Å². The SMILES string of the molecule is CC(CC(O)c1ccc(F)cc1)NC(=O)Nc1ccncc1. The van der Waals surface area contributed by atoms with Crippen LogP contribution in [0.25, 0.3) is 0 Å². The highest BCUT2D eigenvalue weighted by Gasteiger charge is 2.14. The van der Waals surface area contributed by atoms with Crippen LogP contribution in [0.5, 0.6) is 0 Å². The Bertz CT molecular complexity index is 605. The molecule has 0 radical (unpaired) electrons. The molecule has 2 amide bonds. The maximum absolute atomic E-state index is 12.8. The molecule has 6 heteroatoms. The fourth-order valence-corrected chi connectivity index (χ4v) is 2.04. The second-order valence-electron chi connectivity index (χ2n) is 5.04. The lowest BCUT2D eigenvalue weighted by Crippen LogP contribution is -2.37. The molecule has 0 aliphatic heterocycles. The van der Waals surface area contributed by atoms with Crippen molar-refractivity contribution in [3.05, 3.63) is 60.2 Å². The number of aliphatic hydroxyl groups is 1. The maximum atomic E-state index is 12.8. The molecule has 2 atom stereocenters. The molecule has 2 aromatic rings. The molecule has 0 fully saturated rings. The molecule has 0 bridgehead atoms. The van der Waals surface area contributed by atoms with E-state index in [9.17, 15) is 14.3 Å². The molecule has 1 heterocycles. The molecular weight excluding hydrogens is 285 g/mol. The molecule has 0 saturated heterocycles. The van der Waals surface area contributed by atoms with E-state index in [2.05, 4.69) is 15.6 Å². The van der Waals surface area contributed by atoms with Crippen LogP contribution in [-0.2, 0) is 0 Å². The lowest BCUT2D eigenvalue weighted by Gasteiger charge is -2.18. The standard InChI is InChI=1S/C16H18FN3O2/c1-11(10-15(21)12-2-4-13(17)5-3-12)19-16(22)20-14-6-8-18-9-7-14/h2-9,11,15,21H,10H2,1H3,(H2,18,19,20,22). The quantitative estimate of drug-likeness (QED) is 0.795. The van der Waals surface area contributed by atoms with Crippen LogP contribution in [0, 0.1) is 5.82 Å². The highest BCUT2D eigenvalue weighted by Crippen LogP contribution is 2.18. The van der Waals surface area contributed by atoms with Crippen LogP contribution in [0.2, 0.25) is 0 Å². The number of anilines is 1. The number of benzene rings is 1. The molecule has 2 unspecified atom stereocenters. The van der Waals surface area contributed by atoms with Crippen LogP contribution >= 0.6 is 0 Å². The number of hydrogen-bond donors (Lipinski definition) is 3. The normalized spacial score (nSPS) is 13.2. The second kappa shape index (κ2) is 7.51. The zero-order valence-electron chi connectivity index (χ0n) is 12.2. The molecule has 2 rings (SSSR count). The summed E-state index contributed by atoms with van der Waals surface area (Å²) in [6, 6.07) is 8.41. The predicted molar refractivity (Wildman–Crippen MR) is 81.8 cm³/mol. The maximum Gasteiger partial charge on any atom is 0.319 e. The number of nitrogens with zero attached hydrogens (tertiary/aromatic N) is 1. The van der Waals surface area contributed by atoms with Crippen molar-refractivity contribution >= 4 is 11.7 Å². The summed E-state index contributed by atoms with van der Waals surface area (Å²) in [4.78, 5) is 15.7. The Balaban J connectivity index is 1.83. The van der Waals surface area contributed by atoms with Gasteiger partial charge in [-0.3, -0.25) is 4.98 Å². The summed E-state index contributed by atoms with van der Waals surface area (Å²) in [5, 5.41) is 15.5. The van der Waals surface area contributed by atoms with Crippen molar-refractivity contribution < 1.29 is 14.3 Å². The van der Waals surface area contributed by atoms with Gasteiger partial charge in [0, 0.05) is 24.1 Å². The Hall–Kier alpha value is -2.47. The highest BCUT2D eigenvalue weighted by atomic mass is 19.1. The predicted octanol–water partition coefficient (Wildman–Crippen LogP) is 2.85. The van der Waals surface area contributed by atoms with E-state index >= 15 is 0 Å². The number of rotatable bonds is 5. The van der Waals surface area contributed by atoms with Gasteiger partial charge in [-0.2, -0.15) is 0 Å². The Kier molecular flexibility index (Phi) is 5.43. The fourth-order valence-electron chi connectivity index (χ4n) is 2.04. The summed E-state index contributed by atoms with van der Waals surface area (Å²) in [5.41, 5.74) is 1.25. The molecule has 0 spiro atoms. The van der Waals surface area contributed by atoms with Crippen LogP contribution < -0.4 is 10.6 Å². The number of halogens is 1.